The number of Topliss-reactive ketones (excluding diaryl/α,β-unsaturated/α-hetero) is 1. The lowest BCUT2D eigenvalue weighted by Gasteiger charge is -2.05. The van der Waals surface area contributed by atoms with Crippen molar-refractivity contribution in [1.82, 2.24) is 9.13 Å². The quantitative estimate of drug-likeness (QED) is 0.690. The van der Waals surface area contributed by atoms with Gasteiger partial charge in [-0.1, -0.05) is 0 Å². The minimum absolute atomic E-state index is 0.171. The van der Waals surface area contributed by atoms with Crippen molar-refractivity contribution in [3.63, 3.8) is 0 Å². The number of rotatable bonds is 4. The van der Waals surface area contributed by atoms with Crippen LogP contribution < -0.4 is 11.2 Å². The number of hydrogen-bond donors (Lipinski definition) is 1. The zero-order valence-corrected chi connectivity index (χ0v) is 9.47. The first-order chi connectivity index (χ1) is 7.84. The van der Waals surface area contributed by atoms with Gasteiger partial charge in [-0.2, -0.15) is 0 Å². The molecule has 92 valence electrons. The van der Waals surface area contributed by atoms with Gasteiger partial charge in [0.05, 0.1) is 12.0 Å². The molecule has 0 saturated heterocycles. The van der Waals surface area contributed by atoms with Crippen LogP contribution in [0.1, 0.15) is 23.2 Å². The second kappa shape index (κ2) is 4.77. The van der Waals surface area contributed by atoms with Crippen LogP contribution in [0.25, 0.3) is 0 Å². The van der Waals surface area contributed by atoms with Crippen molar-refractivity contribution >= 4 is 11.8 Å². The average Bonchev–Trinajstić information content (AvgIpc) is 2.28. The first kappa shape index (κ1) is 12.9. The number of nitrogens with zero attached hydrogens (tertiary/aromatic N) is 2. The van der Waals surface area contributed by atoms with Gasteiger partial charge in [-0.25, -0.2) is 4.79 Å². The van der Waals surface area contributed by atoms with Crippen molar-refractivity contribution in [2.45, 2.75) is 12.8 Å². The maximum atomic E-state index is 11.6. The van der Waals surface area contributed by atoms with Crippen LogP contribution in [-0.2, 0) is 18.9 Å². The SMILES string of the molecule is Cn1cc(C(=O)CCC(=O)O)c(=O)n(C)c1=O. The number of aryl methyl sites for hydroxylation is 1. The molecule has 0 bridgehead atoms. The Kier molecular flexibility index (Phi) is 3.62. The van der Waals surface area contributed by atoms with Crippen LogP contribution in [0.15, 0.2) is 15.8 Å². The number of carbonyl (C=O) groups is 2. The molecule has 0 aliphatic rings. The van der Waals surface area contributed by atoms with Crippen molar-refractivity contribution in [3.05, 3.63) is 32.6 Å². The fraction of sp³-hybridized carbons (Fsp3) is 0.400. The third kappa shape index (κ3) is 2.68. The van der Waals surface area contributed by atoms with Crippen molar-refractivity contribution in [1.29, 1.82) is 0 Å². The highest BCUT2D eigenvalue weighted by atomic mass is 16.4. The van der Waals surface area contributed by atoms with Crippen molar-refractivity contribution in [3.8, 4) is 0 Å². The Morgan fingerprint density at radius 3 is 2.35 bits per heavy atom. The Morgan fingerprint density at radius 2 is 1.82 bits per heavy atom. The van der Waals surface area contributed by atoms with E-state index in [9.17, 15) is 19.2 Å². The second-order valence-electron chi connectivity index (χ2n) is 3.62. The smallest absolute Gasteiger partial charge is 0.330 e. The molecule has 17 heavy (non-hydrogen) atoms. The lowest BCUT2D eigenvalue weighted by Crippen LogP contribution is -2.39. The maximum Gasteiger partial charge on any atom is 0.330 e. The molecule has 1 rings (SSSR count). The molecule has 1 heterocycles. The molecule has 0 saturated carbocycles. The summed E-state index contributed by atoms with van der Waals surface area (Å²) in [5.41, 5.74) is -1.41. The van der Waals surface area contributed by atoms with E-state index < -0.39 is 23.0 Å². The largest absolute Gasteiger partial charge is 0.481 e. The number of ketones is 1. The molecule has 0 aromatic carbocycles. The zero-order valence-electron chi connectivity index (χ0n) is 9.47. The van der Waals surface area contributed by atoms with E-state index in [0.717, 1.165) is 15.3 Å². The van der Waals surface area contributed by atoms with Gasteiger partial charge in [0, 0.05) is 26.7 Å². The number of hydrogen-bond acceptors (Lipinski definition) is 4. The van der Waals surface area contributed by atoms with Gasteiger partial charge in [0.25, 0.3) is 5.56 Å². The lowest BCUT2D eigenvalue weighted by molar-refractivity contribution is -0.136. The van der Waals surface area contributed by atoms with Crippen LogP contribution in [0.3, 0.4) is 0 Å². The Hall–Kier alpha value is -2.18. The number of carbonyl (C=O) groups excluding carboxylic acids is 1. The van der Waals surface area contributed by atoms with Gasteiger partial charge in [0.15, 0.2) is 5.78 Å². The minimum Gasteiger partial charge on any atom is -0.481 e. The zero-order chi connectivity index (χ0) is 13.2. The normalized spacial score (nSPS) is 10.2. The molecule has 7 nitrogen and oxygen atoms in total. The molecule has 0 aliphatic heterocycles. The monoisotopic (exact) mass is 240 g/mol. The van der Waals surface area contributed by atoms with Crippen LogP contribution in [-0.4, -0.2) is 26.0 Å². The standard InChI is InChI=1S/C10H12N2O5/c1-11-5-6(7(13)3-4-8(14)15)9(16)12(2)10(11)17/h5H,3-4H2,1-2H3,(H,14,15). The van der Waals surface area contributed by atoms with E-state index in [1.54, 1.807) is 0 Å². The second-order valence-corrected chi connectivity index (χ2v) is 3.62. The Morgan fingerprint density at radius 1 is 1.24 bits per heavy atom. The number of aromatic nitrogens is 2. The van der Waals surface area contributed by atoms with E-state index in [0.29, 0.717) is 0 Å². The Balaban J connectivity index is 3.16. The van der Waals surface area contributed by atoms with Crippen LogP contribution in [0.4, 0.5) is 0 Å². The molecule has 7 heteroatoms. The van der Waals surface area contributed by atoms with E-state index >= 15 is 0 Å². The summed E-state index contributed by atoms with van der Waals surface area (Å²) in [7, 11) is 2.67. The molecule has 1 aromatic heterocycles. The van der Waals surface area contributed by atoms with Crippen molar-refractivity contribution in [2.75, 3.05) is 0 Å². The van der Waals surface area contributed by atoms with E-state index in [1.165, 1.54) is 14.1 Å². The number of carboxylic acids is 1. The van der Waals surface area contributed by atoms with Crippen LogP contribution in [0.5, 0.6) is 0 Å². The molecule has 0 spiro atoms. The van der Waals surface area contributed by atoms with Gasteiger partial charge in [-0.3, -0.25) is 19.0 Å². The fourth-order valence-corrected chi connectivity index (χ4v) is 1.35. The molecule has 0 atom stereocenters. The molecule has 0 fully saturated rings. The highest BCUT2D eigenvalue weighted by Gasteiger charge is 2.15. The molecule has 0 aliphatic carbocycles. The molecule has 1 aromatic rings. The molecular formula is C10H12N2O5. The molecule has 0 amide bonds. The van der Waals surface area contributed by atoms with Gasteiger partial charge in [0.1, 0.15) is 0 Å². The van der Waals surface area contributed by atoms with Gasteiger partial charge in [-0.05, 0) is 0 Å². The summed E-state index contributed by atoms with van der Waals surface area (Å²) in [6.45, 7) is 0. The van der Waals surface area contributed by atoms with E-state index in [2.05, 4.69) is 0 Å². The topological polar surface area (TPSA) is 98.4 Å². The Bertz CT molecular complexity index is 581. The Labute approximate surface area is 95.9 Å². The van der Waals surface area contributed by atoms with Crippen LogP contribution in [0, 0.1) is 0 Å². The summed E-state index contributed by atoms with van der Waals surface area (Å²) < 4.78 is 1.92. The summed E-state index contributed by atoms with van der Waals surface area (Å²) in [6, 6.07) is 0. The summed E-state index contributed by atoms with van der Waals surface area (Å²) in [6.07, 6.45) is 0.530. The maximum absolute atomic E-state index is 11.6. The summed E-state index contributed by atoms with van der Waals surface area (Å²) in [5.74, 6) is -1.69. The summed E-state index contributed by atoms with van der Waals surface area (Å²) >= 11 is 0. The summed E-state index contributed by atoms with van der Waals surface area (Å²) in [5, 5.41) is 8.44. The third-order valence-corrected chi connectivity index (χ3v) is 2.31. The number of aliphatic carboxylic acids is 1. The van der Waals surface area contributed by atoms with Crippen molar-refractivity contribution in [2.24, 2.45) is 14.1 Å². The molecule has 0 radical (unpaired) electrons. The third-order valence-electron chi connectivity index (χ3n) is 2.31. The molecule has 0 unspecified atom stereocenters. The highest BCUT2D eigenvalue weighted by Crippen LogP contribution is 1.99. The van der Waals surface area contributed by atoms with Gasteiger partial charge >= 0.3 is 11.7 Å². The summed E-state index contributed by atoms with van der Waals surface area (Å²) in [4.78, 5) is 44.9. The molecular weight excluding hydrogens is 228 g/mol. The van der Waals surface area contributed by atoms with Crippen LogP contribution in [0.2, 0.25) is 0 Å². The van der Waals surface area contributed by atoms with Gasteiger partial charge in [0.2, 0.25) is 0 Å². The predicted octanol–water partition coefficient (Wildman–Crippen LogP) is -0.868. The number of carboxylic acid groups (broad SMARTS) is 1. The van der Waals surface area contributed by atoms with Gasteiger partial charge in [-0.15, -0.1) is 0 Å². The average molecular weight is 240 g/mol. The predicted molar refractivity (Wildman–Crippen MR) is 58.1 cm³/mol. The van der Waals surface area contributed by atoms with Crippen LogP contribution >= 0.6 is 0 Å². The molecule has 1 N–H and O–H groups in total. The highest BCUT2D eigenvalue weighted by molar-refractivity contribution is 5.96. The van der Waals surface area contributed by atoms with Gasteiger partial charge < -0.3 is 9.67 Å². The van der Waals surface area contributed by atoms with E-state index in [1.807, 2.05) is 0 Å². The fourth-order valence-electron chi connectivity index (χ4n) is 1.35. The van der Waals surface area contributed by atoms with Crippen molar-refractivity contribution < 1.29 is 14.7 Å². The van der Waals surface area contributed by atoms with E-state index in [-0.39, 0.29) is 18.4 Å². The van der Waals surface area contributed by atoms with E-state index in [4.69, 9.17) is 5.11 Å². The lowest BCUT2D eigenvalue weighted by atomic mass is 10.1. The minimum atomic E-state index is -1.11. The first-order valence-electron chi connectivity index (χ1n) is 4.86. The first-order valence-corrected chi connectivity index (χ1v) is 4.86.